The SMILES string of the molecule is CCCCCCCCCCC=CC(CC(=O)O)C(=O)OC1O[C@H](CO)[C@@H](O)[C@H](O)[C@H]1O. The van der Waals surface area contributed by atoms with Gasteiger partial charge in [-0.2, -0.15) is 0 Å². The van der Waals surface area contributed by atoms with Crippen LogP contribution >= 0.6 is 0 Å². The summed E-state index contributed by atoms with van der Waals surface area (Å²) in [5.41, 5.74) is 0. The molecule has 0 saturated carbocycles. The number of aliphatic hydroxyl groups is 4. The van der Waals surface area contributed by atoms with Crippen molar-refractivity contribution < 1.29 is 44.6 Å². The molecular weight excluding hydrogens is 408 g/mol. The second-order valence-electron chi connectivity index (χ2n) is 8.03. The molecule has 6 atom stereocenters. The molecule has 0 amide bonds. The van der Waals surface area contributed by atoms with Crippen molar-refractivity contribution in [1.29, 1.82) is 0 Å². The zero-order chi connectivity index (χ0) is 23.2. The molecule has 1 rings (SSSR count). The van der Waals surface area contributed by atoms with Crippen LogP contribution in [-0.4, -0.2) is 74.8 Å². The Kier molecular flexibility index (Phi) is 13.6. The first-order chi connectivity index (χ1) is 14.8. The molecule has 1 heterocycles. The largest absolute Gasteiger partial charge is 0.481 e. The van der Waals surface area contributed by atoms with Crippen molar-refractivity contribution in [2.75, 3.05) is 6.61 Å². The molecule has 31 heavy (non-hydrogen) atoms. The highest BCUT2D eigenvalue weighted by Crippen LogP contribution is 2.23. The van der Waals surface area contributed by atoms with E-state index in [0.29, 0.717) is 6.42 Å². The number of carboxylic acids is 1. The highest BCUT2D eigenvalue weighted by molar-refractivity contribution is 5.80. The van der Waals surface area contributed by atoms with E-state index in [1.165, 1.54) is 38.2 Å². The predicted molar refractivity (Wildman–Crippen MR) is 112 cm³/mol. The summed E-state index contributed by atoms with van der Waals surface area (Å²) in [7, 11) is 0. The van der Waals surface area contributed by atoms with Crippen LogP contribution in [0.2, 0.25) is 0 Å². The molecule has 1 aliphatic heterocycles. The minimum atomic E-state index is -1.73. The molecule has 1 aliphatic rings. The maximum atomic E-state index is 12.4. The summed E-state index contributed by atoms with van der Waals surface area (Å²) >= 11 is 0. The average Bonchev–Trinajstić information content (AvgIpc) is 2.74. The molecule has 0 aliphatic carbocycles. The van der Waals surface area contributed by atoms with E-state index >= 15 is 0 Å². The number of esters is 1. The van der Waals surface area contributed by atoms with Gasteiger partial charge in [0.2, 0.25) is 6.29 Å². The first kappa shape index (κ1) is 27.5. The third kappa shape index (κ3) is 10.1. The van der Waals surface area contributed by atoms with Crippen LogP contribution in [0.1, 0.15) is 71.1 Å². The molecule has 0 spiro atoms. The van der Waals surface area contributed by atoms with E-state index in [2.05, 4.69) is 6.92 Å². The van der Waals surface area contributed by atoms with Gasteiger partial charge in [-0.1, -0.05) is 64.0 Å². The van der Waals surface area contributed by atoms with Crippen molar-refractivity contribution >= 4 is 11.9 Å². The summed E-state index contributed by atoms with van der Waals surface area (Å²) in [4.78, 5) is 23.6. The molecule has 0 aromatic heterocycles. The predicted octanol–water partition coefficient (Wildman–Crippen LogP) is 1.51. The smallest absolute Gasteiger partial charge is 0.315 e. The number of rotatable bonds is 15. The molecule has 180 valence electrons. The summed E-state index contributed by atoms with van der Waals surface area (Å²) in [6, 6.07) is 0. The number of carbonyl (C=O) groups excluding carboxylic acids is 1. The van der Waals surface area contributed by atoms with Crippen molar-refractivity contribution in [1.82, 2.24) is 0 Å². The van der Waals surface area contributed by atoms with E-state index in [1.807, 2.05) is 0 Å². The summed E-state index contributed by atoms with van der Waals surface area (Å²) in [6.07, 6.45) is 4.97. The van der Waals surface area contributed by atoms with Gasteiger partial charge in [0, 0.05) is 0 Å². The Balaban J connectivity index is 2.50. The van der Waals surface area contributed by atoms with Crippen LogP contribution in [-0.2, 0) is 19.1 Å². The zero-order valence-electron chi connectivity index (χ0n) is 18.3. The first-order valence-corrected chi connectivity index (χ1v) is 11.2. The number of aliphatic hydroxyl groups excluding tert-OH is 4. The lowest BCUT2D eigenvalue weighted by Crippen LogP contribution is -2.59. The van der Waals surface area contributed by atoms with Gasteiger partial charge in [-0.15, -0.1) is 0 Å². The molecule has 5 N–H and O–H groups in total. The number of carbonyl (C=O) groups is 2. The minimum Gasteiger partial charge on any atom is -0.481 e. The van der Waals surface area contributed by atoms with Gasteiger partial charge in [0.05, 0.1) is 18.9 Å². The van der Waals surface area contributed by atoms with E-state index in [0.717, 1.165) is 19.3 Å². The van der Waals surface area contributed by atoms with Gasteiger partial charge in [-0.25, -0.2) is 0 Å². The molecule has 0 radical (unpaired) electrons. The van der Waals surface area contributed by atoms with E-state index < -0.39 is 61.6 Å². The Hall–Kier alpha value is -1.52. The van der Waals surface area contributed by atoms with Crippen LogP contribution in [0.4, 0.5) is 0 Å². The molecule has 9 heteroatoms. The maximum absolute atomic E-state index is 12.4. The highest BCUT2D eigenvalue weighted by atomic mass is 16.7. The summed E-state index contributed by atoms with van der Waals surface area (Å²) in [6.45, 7) is 1.53. The third-order valence-electron chi connectivity index (χ3n) is 5.37. The molecule has 0 aromatic carbocycles. The second-order valence-corrected chi connectivity index (χ2v) is 8.03. The van der Waals surface area contributed by atoms with Crippen molar-refractivity contribution in [3.05, 3.63) is 12.2 Å². The Morgan fingerprint density at radius 1 is 0.968 bits per heavy atom. The van der Waals surface area contributed by atoms with Crippen molar-refractivity contribution in [3.63, 3.8) is 0 Å². The van der Waals surface area contributed by atoms with Gasteiger partial charge in [0.25, 0.3) is 0 Å². The van der Waals surface area contributed by atoms with E-state index in [9.17, 15) is 30.0 Å². The zero-order valence-corrected chi connectivity index (χ0v) is 18.3. The molecule has 1 fully saturated rings. The number of ether oxygens (including phenoxy) is 2. The number of allylic oxidation sites excluding steroid dienone is 1. The number of carboxylic acid groups (broad SMARTS) is 1. The topological polar surface area (TPSA) is 154 Å². The van der Waals surface area contributed by atoms with Gasteiger partial charge in [-0.3, -0.25) is 9.59 Å². The van der Waals surface area contributed by atoms with Gasteiger partial charge < -0.3 is 35.0 Å². The first-order valence-electron chi connectivity index (χ1n) is 11.2. The van der Waals surface area contributed by atoms with E-state index in [1.54, 1.807) is 6.08 Å². The van der Waals surface area contributed by atoms with E-state index in [-0.39, 0.29) is 0 Å². The summed E-state index contributed by atoms with van der Waals surface area (Å²) < 4.78 is 10.2. The maximum Gasteiger partial charge on any atom is 0.315 e. The van der Waals surface area contributed by atoms with Crippen molar-refractivity contribution in [3.8, 4) is 0 Å². The van der Waals surface area contributed by atoms with Crippen molar-refractivity contribution in [2.24, 2.45) is 5.92 Å². The normalized spacial score (nSPS) is 27.3. The molecular formula is C22H38O9. The van der Waals surface area contributed by atoms with Crippen LogP contribution in [0.5, 0.6) is 0 Å². The lowest BCUT2D eigenvalue weighted by atomic mass is 9.99. The second kappa shape index (κ2) is 15.3. The Bertz CT molecular complexity index is 549. The van der Waals surface area contributed by atoms with Gasteiger partial charge in [0.15, 0.2) is 0 Å². The Morgan fingerprint density at radius 2 is 1.58 bits per heavy atom. The number of hydrogen-bond acceptors (Lipinski definition) is 8. The summed E-state index contributed by atoms with van der Waals surface area (Å²) in [5.74, 6) is -3.20. The number of unbranched alkanes of at least 4 members (excludes halogenated alkanes) is 8. The summed E-state index contributed by atoms with van der Waals surface area (Å²) in [5, 5.41) is 47.8. The average molecular weight is 447 g/mol. The Morgan fingerprint density at radius 3 is 2.16 bits per heavy atom. The van der Waals surface area contributed by atoms with Gasteiger partial charge >= 0.3 is 11.9 Å². The lowest BCUT2D eigenvalue weighted by molar-refractivity contribution is -0.293. The van der Waals surface area contributed by atoms with Crippen LogP contribution in [0, 0.1) is 5.92 Å². The molecule has 0 aromatic rings. The minimum absolute atomic E-state index is 0.496. The molecule has 9 nitrogen and oxygen atoms in total. The van der Waals surface area contributed by atoms with Crippen molar-refractivity contribution in [2.45, 2.75) is 102 Å². The Labute approximate surface area is 183 Å². The molecule has 0 bridgehead atoms. The van der Waals surface area contributed by atoms with Crippen LogP contribution in [0.15, 0.2) is 12.2 Å². The fourth-order valence-electron chi connectivity index (χ4n) is 3.44. The quantitative estimate of drug-likeness (QED) is 0.143. The molecule has 2 unspecified atom stereocenters. The molecule has 1 saturated heterocycles. The standard InChI is InChI=1S/C22H38O9/c1-2-3-4-5-6-7-8-9-10-11-12-15(13-17(24)25)21(29)31-22-20(28)19(27)18(26)16(14-23)30-22/h11-12,15-16,18-20,22-23,26-28H,2-10,13-14H2,1H3,(H,24,25)/t15?,16-,18-,19+,20-,22?/m1/s1. The fraction of sp³-hybridized carbons (Fsp3) is 0.818. The fourth-order valence-corrected chi connectivity index (χ4v) is 3.44. The van der Waals surface area contributed by atoms with Gasteiger partial charge in [0.1, 0.15) is 24.4 Å². The highest BCUT2D eigenvalue weighted by Gasteiger charge is 2.45. The van der Waals surface area contributed by atoms with Gasteiger partial charge in [-0.05, 0) is 12.8 Å². The number of aliphatic carboxylic acids is 1. The third-order valence-corrected chi connectivity index (χ3v) is 5.37. The van der Waals surface area contributed by atoms with E-state index in [4.69, 9.17) is 14.6 Å². The van der Waals surface area contributed by atoms with Crippen LogP contribution in [0.3, 0.4) is 0 Å². The number of hydrogen-bond donors (Lipinski definition) is 5. The monoisotopic (exact) mass is 446 g/mol. The lowest BCUT2D eigenvalue weighted by Gasteiger charge is -2.39. The van der Waals surface area contributed by atoms with Crippen LogP contribution in [0.25, 0.3) is 0 Å². The van der Waals surface area contributed by atoms with Crippen LogP contribution < -0.4 is 0 Å².